The summed E-state index contributed by atoms with van der Waals surface area (Å²) in [7, 11) is 0. The van der Waals surface area contributed by atoms with E-state index in [4.69, 9.17) is 0 Å². The largest absolute Gasteiger partial charge is 0.0620 e. The van der Waals surface area contributed by atoms with Crippen molar-refractivity contribution in [3.05, 3.63) is 504 Å². The molecule has 0 aliphatic carbocycles. The topological polar surface area (TPSA) is 0 Å². The van der Waals surface area contributed by atoms with Crippen molar-refractivity contribution in [1.29, 1.82) is 0 Å². The van der Waals surface area contributed by atoms with E-state index in [1.807, 2.05) is 0 Å². The van der Waals surface area contributed by atoms with Crippen molar-refractivity contribution in [2.45, 2.75) is 83.1 Å². The molecule has 0 aromatic heterocycles. The molecule has 0 heterocycles. The van der Waals surface area contributed by atoms with Crippen LogP contribution in [0.25, 0.3) is 134 Å². The average Bonchev–Trinajstić information content (AvgIpc) is 0.793. The summed E-state index contributed by atoms with van der Waals surface area (Å²) in [5.74, 6) is 0. The fourth-order valence-corrected chi connectivity index (χ4v) is 15.7. The summed E-state index contributed by atoms with van der Waals surface area (Å²) >= 11 is 0. The van der Waals surface area contributed by atoms with Crippen LogP contribution in [0.15, 0.2) is 437 Å². The Kier molecular flexibility index (Phi) is 28.8. The van der Waals surface area contributed by atoms with Gasteiger partial charge in [0.1, 0.15) is 0 Å². The minimum Gasteiger partial charge on any atom is -0.0620 e. The Morgan fingerprint density at radius 1 is 0.0917 bits per heavy atom. The summed E-state index contributed by atoms with van der Waals surface area (Å²) in [4.78, 5) is 0. The zero-order valence-electron chi connectivity index (χ0n) is 71.6. The zero-order chi connectivity index (χ0) is 83.7. The highest BCUT2D eigenvalue weighted by atomic mass is 14.2. The van der Waals surface area contributed by atoms with E-state index in [0.717, 1.165) is 0 Å². The second-order valence-electron chi connectivity index (χ2n) is 31.4. The van der Waals surface area contributed by atoms with Crippen LogP contribution in [0.2, 0.25) is 0 Å². The van der Waals surface area contributed by atoms with Crippen molar-refractivity contribution in [3.63, 3.8) is 0 Å². The third-order valence-corrected chi connectivity index (χ3v) is 22.4. The Hall–Kier alpha value is -14.0. The van der Waals surface area contributed by atoms with E-state index >= 15 is 0 Å². The lowest BCUT2D eigenvalue weighted by Crippen LogP contribution is -1.89. The maximum Gasteiger partial charge on any atom is -0.0103 e. The van der Waals surface area contributed by atoms with Gasteiger partial charge in [-0.2, -0.15) is 0 Å². The van der Waals surface area contributed by atoms with Gasteiger partial charge in [-0.15, -0.1) is 0 Å². The molecule has 0 bridgehead atoms. The van der Waals surface area contributed by atoms with Crippen molar-refractivity contribution < 1.29 is 0 Å². The van der Waals surface area contributed by atoms with Gasteiger partial charge < -0.3 is 0 Å². The van der Waals surface area contributed by atoms with Crippen molar-refractivity contribution in [2.75, 3.05) is 0 Å². The summed E-state index contributed by atoms with van der Waals surface area (Å²) < 4.78 is 0. The molecule has 0 spiro atoms. The third-order valence-electron chi connectivity index (χ3n) is 22.4. The number of aryl methyl sites for hydroxylation is 12. The molecule has 0 aliphatic heterocycles. The molecule has 0 N–H and O–H groups in total. The van der Waals surface area contributed by atoms with E-state index in [9.17, 15) is 0 Å². The number of hydrogen-bond donors (Lipinski definition) is 0. The first-order valence-electron chi connectivity index (χ1n) is 41.9. The molecule has 0 amide bonds. The van der Waals surface area contributed by atoms with E-state index in [-0.39, 0.29) is 0 Å². The molecular weight excluding hydrogens is 1440 g/mol. The van der Waals surface area contributed by atoms with Crippen LogP contribution in [0.1, 0.15) is 66.8 Å². The van der Waals surface area contributed by atoms with Crippen molar-refractivity contribution in [3.8, 4) is 134 Å². The molecule has 18 aromatic carbocycles. The van der Waals surface area contributed by atoms with Gasteiger partial charge in [-0.1, -0.05) is 441 Å². The molecule has 0 heteroatoms. The maximum absolute atomic E-state index is 2.28. The van der Waals surface area contributed by atoms with Crippen LogP contribution in [0.4, 0.5) is 0 Å². The van der Waals surface area contributed by atoms with Gasteiger partial charge in [0, 0.05) is 0 Å². The molecule has 0 saturated carbocycles. The Labute approximate surface area is 715 Å². The standard InChI is InChI=1S/6C20H18/c1-15-9-3-5-11-17(15)19-13-7-8-14-20(19)18-12-6-4-10-16(18)2;1-15-8-3-5-12-19(15)17-10-7-11-18(14-17)20-13-6-4-9-16(20)2;1-15-7-5-9-17(13-15)18-10-6-11-19(14-18)20-12-4-3-8-16(20)2;1-15-8-7-10-17(14-15)19-12-5-6-13-20(19)18-11-4-3-9-16(18)2;1-15-11-13-17(14-12-15)19-9-5-6-10-20(19)18-8-4-3-7-16(18)2;1-15-10-12-17(13-11-15)18-7-5-8-19(14-18)20-9-4-3-6-16(20)2/h6*3-14H,1-2H3. The molecule has 0 radical (unpaired) electrons. The number of hydrogen-bond acceptors (Lipinski definition) is 0. The van der Waals surface area contributed by atoms with E-state index in [0.29, 0.717) is 0 Å². The maximum atomic E-state index is 2.28. The highest BCUT2D eigenvalue weighted by Crippen LogP contribution is 2.40. The van der Waals surface area contributed by atoms with Crippen LogP contribution in [0.5, 0.6) is 0 Å². The smallest absolute Gasteiger partial charge is 0.0103 e. The minimum absolute atomic E-state index is 1.27. The second-order valence-corrected chi connectivity index (χ2v) is 31.4. The van der Waals surface area contributed by atoms with Gasteiger partial charge in [-0.3, -0.25) is 0 Å². The summed E-state index contributed by atoms with van der Waals surface area (Å²) in [6.45, 7) is 25.8. The van der Waals surface area contributed by atoms with E-state index < -0.39 is 0 Å². The van der Waals surface area contributed by atoms with Gasteiger partial charge in [0.25, 0.3) is 0 Å². The fraction of sp³-hybridized carbons (Fsp3) is 0.100. The van der Waals surface area contributed by atoms with Gasteiger partial charge >= 0.3 is 0 Å². The van der Waals surface area contributed by atoms with Crippen LogP contribution < -0.4 is 0 Å². The molecule has 0 unspecified atom stereocenters. The number of benzene rings is 18. The lowest BCUT2D eigenvalue weighted by Gasteiger charge is -2.14. The van der Waals surface area contributed by atoms with E-state index in [2.05, 4.69) is 520 Å². The Morgan fingerprint density at radius 2 is 0.267 bits per heavy atom. The average molecular weight is 1550 g/mol. The molecule has 18 rings (SSSR count). The second kappa shape index (κ2) is 41.2. The lowest BCUT2D eigenvalue weighted by molar-refractivity contribution is 1.43. The molecule has 0 saturated heterocycles. The Morgan fingerprint density at radius 3 is 0.542 bits per heavy atom. The van der Waals surface area contributed by atoms with E-state index in [1.54, 1.807) is 0 Å². The van der Waals surface area contributed by atoms with Crippen molar-refractivity contribution in [1.82, 2.24) is 0 Å². The Balaban J connectivity index is 0.000000124. The van der Waals surface area contributed by atoms with Gasteiger partial charge in [0.2, 0.25) is 0 Å². The first-order valence-corrected chi connectivity index (χ1v) is 41.9. The Bertz CT molecular complexity index is 6290. The lowest BCUT2D eigenvalue weighted by atomic mass is 9.90. The highest BCUT2D eigenvalue weighted by Gasteiger charge is 2.15. The van der Waals surface area contributed by atoms with Crippen molar-refractivity contribution >= 4 is 0 Å². The zero-order valence-corrected chi connectivity index (χ0v) is 71.6. The van der Waals surface area contributed by atoms with Crippen LogP contribution in [-0.2, 0) is 0 Å². The normalized spacial score (nSPS) is 10.5. The molecule has 0 aliphatic rings. The molecule has 588 valence electrons. The van der Waals surface area contributed by atoms with Crippen LogP contribution in [0, 0.1) is 83.1 Å². The summed E-state index contributed by atoms with van der Waals surface area (Å²) in [6.07, 6.45) is 0. The first kappa shape index (κ1) is 83.9. The molecule has 0 fully saturated rings. The molecule has 18 aromatic rings. The SMILES string of the molecule is Cc1ccc(-c2cccc(-c3ccccc3C)c2)cc1.Cc1ccc(-c2ccccc2-c2ccccc2C)cc1.Cc1cccc(-c2cccc(-c3ccccc3C)c2)c1.Cc1cccc(-c2ccccc2-c2ccccc2C)c1.Cc1ccccc1-c1cccc(-c2ccccc2C)c1.Cc1ccccc1-c1ccccc1-c1ccccc1C. The fourth-order valence-electron chi connectivity index (χ4n) is 15.7. The van der Waals surface area contributed by atoms with Crippen LogP contribution in [0.3, 0.4) is 0 Å². The van der Waals surface area contributed by atoms with Gasteiger partial charge in [-0.25, -0.2) is 0 Å². The first-order chi connectivity index (χ1) is 58.5. The van der Waals surface area contributed by atoms with Crippen LogP contribution in [-0.4, -0.2) is 0 Å². The van der Waals surface area contributed by atoms with Gasteiger partial charge in [0.15, 0.2) is 0 Å². The minimum atomic E-state index is 1.27. The predicted octanol–water partition coefficient (Wildman–Crippen LogP) is 33.8. The molecular formula is C120H108. The summed E-state index contributed by atoms with van der Waals surface area (Å²) in [5.41, 5.74) is 46.7. The molecule has 0 nitrogen and oxygen atoms in total. The highest BCUT2D eigenvalue weighted by molar-refractivity contribution is 5.89. The molecule has 120 heavy (non-hydrogen) atoms. The van der Waals surface area contributed by atoms with Crippen LogP contribution >= 0.6 is 0 Å². The van der Waals surface area contributed by atoms with E-state index in [1.165, 1.54) is 200 Å². The summed E-state index contributed by atoms with van der Waals surface area (Å²) in [6, 6.07) is 155. The van der Waals surface area contributed by atoms with Gasteiger partial charge in [-0.05, 0) is 279 Å². The third kappa shape index (κ3) is 21.8. The monoisotopic (exact) mass is 1550 g/mol. The van der Waals surface area contributed by atoms with Crippen molar-refractivity contribution in [2.24, 2.45) is 0 Å². The van der Waals surface area contributed by atoms with Gasteiger partial charge in [0.05, 0.1) is 0 Å². The molecule has 0 atom stereocenters. The summed E-state index contributed by atoms with van der Waals surface area (Å²) in [5, 5.41) is 0. The number of rotatable bonds is 12. The predicted molar refractivity (Wildman–Crippen MR) is 521 cm³/mol. The quantitative estimate of drug-likeness (QED) is 0.114.